The van der Waals surface area contributed by atoms with Crippen LogP contribution in [0.1, 0.15) is 0 Å². The number of hydrogen-bond donors (Lipinski definition) is 1. The molecule has 2 nitrogen and oxygen atoms in total. The Morgan fingerprint density at radius 2 is 1.43 bits per heavy atom. The zero-order valence-electron chi connectivity index (χ0n) is 4.93. The van der Waals surface area contributed by atoms with Crippen molar-refractivity contribution < 1.29 is 9.90 Å². The van der Waals surface area contributed by atoms with E-state index in [0.29, 0.717) is 0 Å². The number of rotatable bonds is 0. The molecule has 0 aromatic heterocycles. The van der Waals surface area contributed by atoms with Crippen molar-refractivity contribution >= 4 is 26.2 Å². The molecule has 0 saturated heterocycles. The predicted octanol–water partition coefficient (Wildman–Crippen LogP) is 1.07. The van der Waals surface area contributed by atoms with E-state index in [2.05, 4.69) is 14.8 Å². The first-order valence-electron chi connectivity index (χ1n) is 1.99. The van der Waals surface area contributed by atoms with Gasteiger partial charge in [-0.2, -0.15) is 0 Å². The summed E-state index contributed by atoms with van der Waals surface area (Å²) in [5, 5.41) is 6.89. The molecule has 0 aromatic carbocycles. The number of carbonyl (C=O) groups is 1. The topological polar surface area (TPSA) is 37.3 Å². The van der Waals surface area contributed by atoms with Gasteiger partial charge in [-0.3, -0.25) is 4.79 Å². The van der Waals surface area contributed by atoms with E-state index in [0.717, 1.165) is 0 Å². The standard InChI is InChI=1S/CH2O2.3CH3.Sn/c2-1-3;;;;/h1H,(H,2,3);3*1H3;. The van der Waals surface area contributed by atoms with Crippen LogP contribution in [-0.4, -0.2) is 31.3 Å². The Labute approximate surface area is 51.3 Å². The summed E-state index contributed by atoms with van der Waals surface area (Å²) in [7, 11) is 0. The zero-order valence-corrected chi connectivity index (χ0v) is 7.79. The van der Waals surface area contributed by atoms with E-state index in [4.69, 9.17) is 9.90 Å². The fourth-order valence-corrected chi connectivity index (χ4v) is 0. The van der Waals surface area contributed by atoms with Crippen LogP contribution in [0.4, 0.5) is 0 Å². The number of carboxylic acid groups (broad SMARTS) is 1. The van der Waals surface area contributed by atoms with E-state index >= 15 is 0 Å². The molecular weight excluding hydrogens is 199 g/mol. The molecule has 1 N–H and O–H groups in total. The maximum absolute atomic E-state index is 8.36. The van der Waals surface area contributed by atoms with Gasteiger partial charge in [-0.1, -0.05) is 0 Å². The molecule has 0 saturated carbocycles. The van der Waals surface area contributed by atoms with Crippen LogP contribution in [0.5, 0.6) is 0 Å². The van der Waals surface area contributed by atoms with E-state index < -0.39 is 19.8 Å². The third-order valence-corrected chi connectivity index (χ3v) is 0. The van der Waals surface area contributed by atoms with Gasteiger partial charge in [0.2, 0.25) is 0 Å². The van der Waals surface area contributed by atoms with E-state index in [1.165, 1.54) is 0 Å². The molecule has 0 unspecified atom stereocenters. The molecule has 43 valence electrons. The molecule has 0 aromatic rings. The SMILES string of the molecule is O=CO.[CH3][Sn]([CH3])[CH3]. The van der Waals surface area contributed by atoms with Gasteiger partial charge in [0.1, 0.15) is 0 Å². The summed E-state index contributed by atoms with van der Waals surface area (Å²) >= 11 is -0.543. The van der Waals surface area contributed by atoms with Gasteiger partial charge in [-0.15, -0.1) is 0 Å². The first-order valence-corrected chi connectivity index (χ1v) is 10.6. The van der Waals surface area contributed by atoms with Gasteiger partial charge in [0, 0.05) is 0 Å². The van der Waals surface area contributed by atoms with Gasteiger partial charge in [-0.05, 0) is 0 Å². The van der Waals surface area contributed by atoms with Crippen LogP contribution in [0.2, 0.25) is 14.8 Å². The van der Waals surface area contributed by atoms with Gasteiger partial charge in [0.05, 0.1) is 0 Å². The zero-order chi connectivity index (χ0) is 6.28. The molecule has 0 aliphatic heterocycles. The predicted molar refractivity (Wildman–Crippen MR) is 32.0 cm³/mol. The summed E-state index contributed by atoms with van der Waals surface area (Å²) in [5.74, 6) is 0. The molecule has 0 aliphatic carbocycles. The molecule has 0 amide bonds. The Kier molecular flexibility index (Phi) is 14.0. The van der Waals surface area contributed by atoms with Crippen molar-refractivity contribution in [1.29, 1.82) is 0 Å². The fraction of sp³-hybridized carbons (Fsp3) is 0.750. The average molecular weight is 210 g/mol. The fourth-order valence-electron chi connectivity index (χ4n) is 0. The molecule has 0 spiro atoms. The van der Waals surface area contributed by atoms with Crippen molar-refractivity contribution in [3.63, 3.8) is 0 Å². The number of hydrogen-bond acceptors (Lipinski definition) is 1. The summed E-state index contributed by atoms with van der Waals surface area (Å²) in [6.07, 6.45) is 0. The van der Waals surface area contributed by atoms with E-state index in [9.17, 15) is 0 Å². The molecule has 0 bridgehead atoms. The third kappa shape index (κ3) is 1580. The van der Waals surface area contributed by atoms with Crippen molar-refractivity contribution in [2.75, 3.05) is 0 Å². The van der Waals surface area contributed by atoms with E-state index in [-0.39, 0.29) is 6.47 Å². The molecule has 0 heterocycles. The maximum atomic E-state index is 8.36. The van der Waals surface area contributed by atoms with Crippen LogP contribution in [0, 0.1) is 0 Å². The molecule has 7 heavy (non-hydrogen) atoms. The van der Waals surface area contributed by atoms with Crippen LogP contribution < -0.4 is 0 Å². The quantitative estimate of drug-likeness (QED) is 0.479. The van der Waals surface area contributed by atoms with Crippen LogP contribution >= 0.6 is 0 Å². The summed E-state index contributed by atoms with van der Waals surface area (Å²) in [6, 6.07) is 0. The van der Waals surface area contributed by atoms with Crippen LogP contribution in [0.3, 0.4) is 0 Å². The monoisotopic (exact) mass is 211 g/mol. The second kappa shape index (κ2) is 9.55. The van der Waals surface area contributed by atoms with Gasteiger partial charge in [0.15, 0.2) is 0 Å². The average Bonchev–Trinajstić information content (AvgIpc) is 1.33. The van der Waals surface area contributed by atoms with Crippen LogP contribution in [-0.2, 0) is 4.79 Å². The Bertz CT molecular complexity index is 33.9. The van der Waals surface area contributed by atoms with Gasteiger partial charge < -0.3 is 5.11 Å². The molecule has 0 atom stereocenters. The summed E-state index contributed by atoms with van der Waals surface area (Å²) in [6.45, 7) is -0.250. The normalized spacial score (nSPS) is 6.86. The molecule has 1 radical (unpaired) electrons. The Morgan fingerprint density at radius 3 is 1.43 bits per heavy atom. The van der Waals surface area contributed by atoms with Gasteiger partial charge in [-0.25, -0.2) is 0 Å². The third-order valence-electron chi connectivity index (χ3n) is 0. The Balaban J connectivity index is 0. The van der Waals surface area contributed by atoms with E-state index in [1.807, 2.05) is 0 Å². The Hall–Kier alpha value is 0.269. The second-order valence-electron chi connectivity index (χ2n) is 1.61. The van der Waals surface area contributed by atoms with Crippen LogP contribution in [0.25, 0.3) is 0 Å². The molecule has 0 aliphatic rings. The molecule has 3 heteroatoms. The Morgan fingerprint density at radius 1 is 1.43 bits per heavy atom. The first-order chi connectivity index (χ1) is 3.15. The molecule has 0 fully saturated rings. The molecule has 0 rings (SSSR count). The summed E-state index contributed by atoms with van der Waals surface area (Å²) in [4.78, 5) is 15.5. The van der Waals surface area contributed by atoms with Crippen molar-refractivity contribution in [1.82, 2.24) is 0 Å². The van der Waals surface area contributed by atoms with Crippen molar-refractivity contribution in [2.24, 2.45) is 0 Å². The first kappa shape index (κ1) is 10.3. The minimum absolute atomic E-state index is 0.250. The van der Waals surface area contributed by atoms with Gasteiger partial charge >= 0.3 is 34.6 Å². The second-order valence-corrected chi connectivity index (χ2v) is 10.2. The van der Waals surface area contributed by atoms with Crippen LogP contribution in [0.15, 0.2) is 0 Å². The van der Waals surface area contributed by atoms with Crippen molar-refractivity contribution in [3.8, 4) is 0 Å². The van der Waals surface area contributed by atoms with Crippen molar-refractivity contribution in [3.05, 3.63) is 0 Å². The summed E-state index contributed by atoms with van der Waals surface area (Å²) < 4.78 is 0. The van der Waals surface area contributed by atoms with Crippen molar-refractivity contribution in [2.45, 2.75) is 14.8 Å². The van der Waals surface area contributed by atoms with E-state index in [1.54, 1.807) is 0 Å². The summed E-state index contributed by atoms with van der Waals surface area (Å²) in [5.41, 5.74) is 0. The molecular formula is C4H11O2Sn. The van der Waals surface area contributed by atoms with Gasteiger partial charge in [0.25, 0.3) is 6.47 Å². The minimum atomic E-state index is -0.543.